The van der Waals surface area contributed by atoms with Crippen LogP contribution < -0.4 is 0 Å². The molecule has 2 rings (SSSR count). The maximum atomic E-state index is 13.6. The molecular formula is C15H11F5O. The van der Waals surface area contributed by atoms with E-state index in [-0.39, 0.29) is 11.1 Å². The minimum Gasteiger partial charge on any atom is -0.384 e. The monoisotopic (exact) mass is 302 g/mol. The van der Waals surface area contributed by atoms with Gasteiger partial charge in [-0.05, 0) is 30.7 Å². The third-order valence-corrected chi connectivity index (χ3v) is 3.06. The summed E-state index contributed by atoms with van der Waals surface area (Å²) in [5.41, 5.74) is -1.03. The van der Waals surface area contributed by atoms with E-state index in [1.807, 2.05) is 0 Å². The predicted octanol–water partition coefficient (Wildman–Crippen LogP) is 4.37. The van der Waals surface area contributed by atoms with Crippen LogP contribution in [0, 0.1) is 18.6 Å². The summed E-state index contributed by atoms with van der Waals surface area (Å²) in [6.45, 7) is 1.67. The van der Waals surface area contributed by atoms with Gasteiger partial charge in [0.15, 0.2) is 0 Å². The van der Waals surface area contributed by atoms with E-state index < -0.39 is 29.5 Å². The molecule has 0 aromatic heterocycles. The fourth-order valence-electron chi connectivity index (χ4n) is 1.98. The summed E-state index contributed by atoms with van der Waals surface area (Å²) in [6, 6.07) is 6.00. The van der Waals surface area contributed by atoms with Crippen LogP contribution in [0.3, 0.4) is 0 Å². The first-order chi connectivity index (χ1) is 9.70. The molecule has 2 aromatic rings. The van der Waals surface area contributed by atoms with Crippen LogP contribution in [0.25, 0.3) is 0 Å². The van der Waals surface area contributed by atoms with Crippen molar-refractivity contribution < 1.29 is 27.1 Å². The van der Waals surface area contributed by atoms with Crippen molar-refractivity contribution in [2.45, 2.75) is 19.2 Å². The molecule has 0 spiro atoms. The van der Waals surface area contributed by atoms with Gasteiger partial charge < -0.3 is 5.11 Å². The molecule has 112 valence electrons. The number of halogens is 5. The highest BCUT2D eigenvalue weighted by Crippen LogP contribution is 2.33. The van der Waals surface area contributed by atoms with Crippen LogP contribution in [0.2, 0.25) is 0 Å². The highest BCUT2D eigenvalue weighted by atomic mass is 19.4. The smallest absolute Gasteiger partial charge is 0.384 e. The van der Waals surface area contributed by atoms with E-state index in [9.17, 15) is 27.1 Å². The van der Waals surface area contributed by atoms with Crippen molar-refractivity contribution in [1.82, 2.24) is 0 Å². The fraction of sp³-hybridized carbons (Fsp3) is 0.200. The summed E-state index contributed by atoms with van der Waals surface area (Å²) in [6.07, 6.45) is -6.36. The van der Waals surface area contributed by atoms with Gasteiger partial charge in [-0.1, -0.05) is 23.8 Å². The summed E-state index contributed by atoms with van der Waals surface area (Å²) in [7, 11) is 0. The molecule has 2 aromatic carbocycles. The van der Waals surface area contributed by atoms with Gasteiger partial charge in [0.2, 0.25) is 0 Å². The third-order valence-electron chi connectivity index (χ3n) is 3.06. The Kier molecular flexibility index (Phi) is 4.00. The van der Waals surface area contributed by atoms with Crippen molar-refractivity contribution in [3.8, 4) is 0 Å². The first kappa shape index (κ1) is 15.4. The lowest BCUT2D eigenvalue weighted by molar-refractivity contribution is -0.140. The van der Waals surface area contributed by atoms with Crippen LogP contribution in [0.5, 0.6) is 0 Å². The van der Waals surface area contributed by atoms with E-state index >= 15 is 0 Å². The number of hydrogen-bond donors (Lipinski definition) is 1. The number of aryl methyl sites for hydroxylation is 1. The van der Waals surface area contributed by atoms with Crippen LogP contribution in [0.15, 0.2) is 36.4 Å². The fourth-order valence-corrected chi connectivity index (χ4v) is 1.98. The zero-order valence-electron chi connectivity index (χ0n) is 10.9. The number of alkyl halides is 3. The van der Waals surface area contributed by atoms with Crippen molar-refractivity contribution in [2.75, 3.05) is 0 Å². The minimum atomic E-state index is -4.82. The van der Waals surface area contributed by atoms with Crippen LogP contribution in [0.1, 0.15) is 28.4 Å². The van der Waals surface area contributed by atoms with Gasteiger partial charge in [-0.3, -0.25) is 0 Å². The Bertz CT molecular complexity index is 664. The van der Waals surface area contributed by atoms with Crippen molar-refractivity contribution >= 4 is 0 Å². The van der Waals surface area contributed by atoms with E-state index in [0.29, 0.717) is 17.7 Å². The zero-order chi connectivity index (χ0) is 15.8. The molecule has 6 heteroatoms. The molecule has 0 radical (unpaired) electrons. The Balaban J connectivity index is 2.43. The molecule has 0 saturated carbocycles. The molecule has 21 heavy (non-hydrogen) atoms. The van der Waals surface area contributed by atoms with Crippen molar-refractivity contribution in [3.63, 3.8) is 0 Å². The Hall–Kier alpha value is -1.95. The molecule has 0 saturated heterocycles. The highest BCUT2D eigenvalue weighted by Gasteiger charge is 2.34. The SMILES string of the molecule is Cc1ccc(F)c(C(O)c2ccc(C(F)(F)F)c(F)c2)c1. The molecule has 0 bridgehead atoms. The average Bonchev–Trinajstić information content (AvgIpc) is 2.39. The topological polar surface area (TPSA) is 20.2 Å². The standard InChI is InChI=1S/C15H11F5O/c1-8-2-5-12(16)10(6-8)14(21)9-3-4-11(13(17)7-9)15(18,19)20/h2-7,14,21H,1H3. The zero-order valence-corrected chi connectivity index (χ0v) is 10.9. The summed E-state index contributed by atoms with van der Waals surface area (Å²) in [5, 5.41) is 10.0. The second-order valence-corrected chi connectivity index (χ2v) is 4.66. The van der Waals surface area contributed by atoms with E-state index in [4.69, 9.17) is 0 Å². The maximum absolute atomic E-state index is 13.6. The largest absolute Gasteiger partial charge is 0.419 e. The van der Waals surface area contributed by atoms with E-state index in [2.05, 4.69) is 0 Å². The van der Waals surface area contributed by atoms with Crippen LogP contribution in [-0.2, 0) is 6.18 Å². The average molecular weight is 302 g/mol. The van der Waals surface area contributed by atoms with E-state index in [1.54, 1.807) is 6.92 Å². The van der Waals surface area contributed by atoms with Crippen LogP contribution >= 0.6 is 0 Å². The Morgan fingerprint density at radius 1 is 0.952 bits per heavy atom. The van der Waals surface area contributed by atoms with Crippen LogP contribution in [0.4, 0.5) is 22.0 Å². The number of benzene rings is 2. The first-order valence-electron chi connectivity index (χ1n) is 6.01. The van der Waals surface area contributed by atoms with Gasteiger partial charge in [0.1, 0.15) is 17.7 Å². The molecular weight excluding hydrogens is 291 g/mol. The molecule has 0 amide bonds. The quantitative estimate of drug-likeness (QED) is 0.817. The van der Waals surface area contributed by atoms with Gasteiger partial charge in [-0.25, -0.2) is 8.78 Å². The second kappa shape index (κ2) is 5.44. The van der Waals surface area contributed by atoms with Crippen molar-refractivity contribution in [1.29, 1.82) is 0 Å². The Labute approximate surface area is 117 Å². The number of aliphatic hydroxyl groups excluding tert-OH is 1. The summed E-state index contributed by atoms with van der Waals surface area (Å²) >= 11 is 0. The molecule has 0 heterocycles. The lowest BCUT2D eigenvalue weighted by Crippen LogP contribution is -2.10. The molecule has 0 fully saturated rings. The number of hydrogen-bond acceptors (Lipinski definition) is 1. The summed E-state index contributed by atoms with van der Waals surface area (Å²) < 4.78 is 64.5. The lowest BCUT2D eigenvalue weighted by Gasteiger charge is -2.15. The third kappa shape index (κ3) is 3.21. The summed E-state index contributed by atoms with van der Waals surface area (Å²) in [4.78, 5) is 0. The minimum absolute atomic E-state index is 0.117. The van der Waals surface area contributed by atoms with Gasteiger partial charge in [0, 0.05) is 5.56 Å². The van der Waals surface area contributed by atoms with Crippen LogP contribution in [-0.4, -0.2) is 5.11 Å². The lowest BCUT2D eigenvalue weighted by atomic mass is 9.98. The van der Waals surface area contributed by atoms with Gasteiger partial charge in [0.25, 0.3) is 0 Å². The van der Waals surface area contributed by atoms with Crippen molar-refractivity contribution in [2.24, 2.45) is 0 Å². The van der Waals surface area contributed by atoms with Gasteiger partial charge in [0.05, 0.1) is 5.56 Å². The Morgan fingerprint density at radius 3 is 2.19 bits per heavy atom. The number of rotatable bonds is 2. The molecule has 1 N–H and O–H groups in total. The molecule has 0 aliphatic rings. The first-order valence-corrected chi connectivity index (χ1v) is 6.01. The highest BCUT2D eigenvalue weighted by molar-refractivity contribution is 5.35. The summed E-state index contributed by atoms with van der Waals surface area (Å²) in [5.74, 6) is -2.22. The van der Waals surface area contributed by atoms with Gasteiger partial charge >= 0.3 is 6.18 Å². The molecule has 1 nitrogen and oxygen atoms in total. The molecule has 0 aliphatic carbocycles. The molecule has 1 unspecified atom stereocenters. The molecule has 0 aliphatic heterocycles. The number of aliphatic hydroxyl groups is 1. The second-order valence-electron chi connectivity index (χ2n) is 4.66. The normalized spacial score (nSPS) is 13.3. The van der Waals surface area contributed by atoms with E-state index in [1.165, 1.54) is 12.1 Å². The maximum Gasteiger partial charge on any atom is 0.419 e. The van der Waals surface area contributed by atoms with E-state index in [0.717, 1.165) is 12.1 Å². The predicted molar refractivity (Wildman–Crippen MR) is 66.6 cm³/mol. The van der Waals surface area contributed by atoms with Gasteiger partial charge in [-0.15, -0.1) is 0 Å². The van der Waals surface area contributed by atoms with Crippen molar-refractivity contribution in [3.05, 3.63) is 70.3 Å². The Morgan fingerprint density at radius 2 is 1.62 bits per heavy atom. The molecule has 1 atom stereocenters. The van der Waals surface area contributed by atoms with Gasteiger partial charge in [-0.2, -0.15) is 13.2 Å².